The average molecular weight is 361 g/mol. The van der Waals surface area contributed by atoms with Crippen molar-refractivity contribution in [3.8, 4) is 0 Å². The number of Topliss-reactive ketones (excluding diaryl/α,β-unsaturated/α-hetero) is 1. The predicted octanol–water partition coefficient (Wildman–Crippen LogP) is 4.32. The first-order chi connectivity index (χ1) is 12.0. The Hall–Kier alpha value is -2.20. The number of carbonyl (C=O) groups is 2. The minimum atomic E-state index is -0.933. The van der Waals surface area contributed by atoms with Gasteiger partial charge in [0.25, 0.3) is 0 Å². The molecule has 3 nitrogen and oxygen atoms in total. The zero-order chi connectivity index (χ0) is 18.0. The Morgan fingerprint density at radius 2 is 1.96 bits per heavy atom. The SMILES string of the molecule is C[C@H](OC(=O)Cc1c(F)cccc1Cl)C(=O)c1ccc2c(c1)CCC2. The summed E-state index contributed by atoms with van der Waals surface area (Å²) in [5, 5.41) is 0.162. The monoisotopic (exact) mass is 360 g/mol. The Morgan fingerprint density at radius 3 is 2.72 bits per heavy atom. The fourth-order valence-corrected chi connectivity index (χ4v) is 3.33. The fourth-order valence-electron chi connectivity index (χ4n) is 3.10. The van der Waals surface area contributed by atoms with E-state index in [2.05, 4.69) is 0 Å². The van der Waals surface area contributed by atoms with Crippen molar-refractivity contribution in [1.29, 1.82) is 0 Å². The van der Waals surface area contributed by atoms with E-state index in [0.29, 0.717) is 5.56 Å². The zero-order valence-corrected chi connectivity index (χ0v) is 14.6. The molecular formula is C20H18ClFO3. The molecule has 1 aliphatic carbocycles. The van der Waals surface area contributed by atoms with Gasteiger partial charge in [0.15, 0.2) is 6.10 Å². The van der Waals surface area contributed by atoms with Crippen molar-refractivity contribution in [2.75, 3.05) is 0 Å². The summed E-state index contributed by atoms with van der Waals surface area (Å²) in [5.74, 6) is -1.52. The predicted molar refractivity (Wildman–Crippen MR) is 93.5 cm³/mol. The first-order valence-electron chi connectivity index (χ1n) is 8.24. The smallest absolute Gasteiger partial charge is 0.311 e. The summed E-state index contributed by atoms with van der Waals surface area (Å²) in [6.07, 6.45) is 1.86. The van der Waals surface area contributed by atoms with Crippen molar-refractivity contribution in [3.05, 3.63) is 69.5 Å². The summed E-state index contributed by atoms with van der Waals surface area (Å²) in [4.78, 5) is 24.5. The van der Waals surface area contributed by atoms with Crippen LogP contribution in [0.5, 0.6) is 0 Å². The number of ether oxygens (including phenoxy) is 1. The number of hydrogen-bond acceptors (Lipinski definition) is 3. The second-order valence-corrected chi connectivity index (χ2v) is 6.62. The van der Waals surface area contributed by atoms with E-state index in [0.717, 1.165) is 19.3 Å². The number of carbonyl (C=O) groups excluding carboxylic acids is 2. The van der Waals surface area contributed by atoms with Crippen LogP contribution in [0.1, 0.15) is 40.4 Å². The van der Waals surface area contributed by atoms with Gasteiger partial charge in [-0.05, 0) is 55.5 Å². The quantitative estimate of drug-likeness (QED) is 0.589. The van der Waals surface area contributed by atoms with Gasteiger partial charge < -0.3 is 4.74 Å². The molecule has 2 aromatic carbocycles. The van der Waals surface area contributed by atoms with Crippen molar-refractivity contribution >= 4 is 23.4 Å². The number of rotatable bonds is 5. The third-order valence-corrected chi connectivity index (χ3v) is 4.80. The largest absolute Gasteiger partial charge is 0.454 e. The molecular weight excluding hydrogens is 343 g/mol. The first-order valence-corrected chi connectivity index (χ1v) is 8.62. The Bertz CT molecular complexity index is 811. The van der Waals surface area contributed by atoms with Crippen molar-refractivity contribution < 1.29 is 18.7 Å². The molecule has 0 fully saturated rings. The molecule has 0 radical (unpaired) electrons. The number of fused-ring (bicyclic) bond motifs is 1. The second-order valence-electron chi connectivity index (χ2n) is 6.21. The van der Waals surface area contributed by atoms with Gasteiger partial charge in [0.2, 0.25) is 5.78 Å². The molecule has 5 heteroatoms. The van der Waals surface area contributed by atoms with Crippen molar-refractivity contribution in [2.24, 2.45) is 0 Å². The van der Waals surface area contributed by atoms with Crippen LogP contribution >= 0.6 is 11.6 Å². The van der Waals surface area contributed by atoms with E-state index in [9.17, 15) is 14.0 Å². The van der Waals surface area contributed by atoms with Gasteiger partial charge in [-0.15, -0.1) is 0 Å². The lowest BCUT2D eigenvalue weighted by Gasteiger charge is -2.14. The number of benzene rings is 2. The van der Waals surface area contributed by atoms with E-state index in [4.69, 9.17) is 16.3 Å². The molecule has 1 atom stereocenters. The van der Waals surface area contributed by atoms with Gasteiger partial charge >= 0.3 is 5.97 Å². The molecule has 0 spiro atoms. The van der Waals surface area contributed by atoms with Crippen LogP contribution in [-0.2, 0) is 28.8 Å². The highest BCUT2D eigenvalue weighted by Crippen LogP contribution is 2.24. The highest BCUT2D eigenvalue weighted by Gasteiger charge is 2.22. The molecule has 0 N–H and O–H groups in total. The molecule has 3 rings (SSSR count). The topological polar surface area (TPSA) is 43.4 Å². The molecule has 0 saturated heterocycles. The van der Waals surface area contributed by atoms with Crippen LogP contribution in [0.15, 0.2) is 36.4 Å². The van der Waals surface area contributed by atoms with Crippen LogP contribution in [0.4, 0.5) is 4.39 Å². The van der Waals surface area contributed by atoms with Crippen molar-refractivity contribution in [3.63, 3.8) is 0 Å². The van der Waals surface area contributed by atoms with Crippen LogP contribution in [0.2, 0.25) is 5.02 Å². The van der Waals surface area contributed by atoms with Crippen LogP contribution < -0.4 is 0 Å². The Balaban J connectivity index is 1.66. The fraction of sp³-hybridized carbons (Fsp3) is 0.300. The van der Waals surface area contributed by atoms with E-state index in [1.165, 1.54) is 36.2 Å². The number of esters is 1. The standard InChI is InChI=1S/C20H18ClFO3/c1-12(20(24)15-9-8-13-4-2-5-14(13)10-15)25-19(23)11-16-17(21)6-3-7-18(16)22/h3,6-10,12H,2,4-5,11H2,1H3/t12-/m0/s1. The zero-order valence-electron chi connectivity index (χ0n) is 13.9. The number of halogens is 2. The lowest BCUT2D eigenvalue weighted by Crippen LogP contribution is -2.25. The second kappa shape index (κ2) is 7.36. The molecule has 1 aliphatic rings. The van der Waals surface area contributed by atoms with Gasteiger partial charge in [0.05, 0.1) is 6.42 Å². The number of ketones is 1. The minimum Gasteiger partial charge on any atom is -0.454 e. The van der Waals surface area contributed by atoms with Gasteiger partial charge in [-0.25, -0.2) is 4.39 Å². The van der Waals surface area contributed by atoms with Crippen LogP contribution in [0, 0.1) is 5.82 Å². The summed E-state index contributed by atoms with van der Waals surface area (Å²) in [7, 11) is 0. The van der Waals surface area contributed by atoms with Gasteiger partial charge in [0, 0.05) is 16.1 Å². The van der Waals surface area contributed by atoms with Gasteiger partial charge in [-0.2, -0.15) is 0 Å². The Labute approximate surface area is 150 Å². The third kappa shape index (κ3) is 3.90. The van der Waals surface area contributed by atoms with Crippen LogP contribution in [0.3, 0.4) is 0 Å². The minimum absolute atomic E-state index is 0.0753. The molecule has 0 heterocycles. The highest BCUT2D eigenvalue weighted by atomic mass is 35.5. The first kappa shape index (κ1) is 17.6. The summed E-state index contributed by atoms with van der Waals surface area (Å²) in [5.41, 5.74) is 3.06. The Kier molecular flexibility index (Phi) is 5.19. The normalized spacial score (nSPS) is 14.0. The van der Waals surface area contributed by atoms with E-state index >= 15 is 0 Å². The van der Waals surface area contributed by atoms with E-state index < -0.39 is 17.9 Å². The lowest BCUT2D eigenvalue weighted by molar-refractivity contribution is -0.145. The van der Waals surface area contributed by atoms with Crippen molar-refractivity contribution in [1.82, 2.24) is 0 Å². The third-order valence-electron chi connectivity index (χ3n) is 4.44. The molecule has 0 aromatic heterocycles. The van der Waals surface area contributed by atoms with Crippen LogP contribution in [0.25, 0.3) is 0 Å². The van der Waals surface area contributed by atoms with E-state index in [1.54, 1.807) is 6.07 Å². The summed E-state index contributed by atoms with van der Waals surface area (Å²) < 4.78 is 18.9. The van der Waals surface area contributed by atoms with Crippen molar-refractivity contribution in [2.45, 2.75) is 38.7 Å². The average Bonchev–Trinajstić information content (AvgIpc) is 3.05. The molecule has 2 aromatic rings. The summed E-state index contributed by atoms with van der Waals surface area (Å²) >= 11 is 5.91. The van der Waals surface area contributed by atoms with Crippen LogP contribution in [-0.4, -0.2) is 17.9 Å². The lowest BCUT2D eigenvalue weighted by atomic mass is 10.0. The van der Waals surface area contributed by atoms with Gasteiger partial charge in [-0.1, -0.05) is 29.8 Å². The van der Waals surface area contributed by atoms with Gasteiger partial charge in [0.1, 0.15) is 5.82 Å². The van der Waals surface area contributed by atoms with Gasteiger partial charge in [-0.3, -0.25) is 9.59 Å². The Morgan fingerprint density at radius 1 is 1.20 bits per heavy atom. The maximum atomic E-state index is 13.7. The number of aryl methyl sites for hydroxylation is 2. The maximum Gasteiger partial charge on any atom is 0.311 e. The molecule has 0 aliphatic heterocycles. The van der Waals surface area contributed by atoms with E-state index in [-0.39, 0.29) is 22.8 Å². The molecule has 25 heavy (non-hydrogen) atoms. The highest BCUT2D eigenvalue weighted by molar-refractivity contribution is 6.31. The molecule has 0 unspecified atom stereocenters. The summed E-state index contributed by atoms with van der Waals surface area (Å²) in [6.45, 7) is 1.52. The molecule has 0 bridgehead atoms. The maximum absolute atomic E-state index is 13.7. The van der Waals surface area contributed by atoms with E-state index in [1.807, 2.05) is 12.1 Å². The summed E-state index contributed by atoms with van der Waals surface area (Å²) in [6, 6.07) is 9.81. The molecule has 130 valence electrons. The number of hydrogen-bond donors (Lipinski definition) is 0. The molecule has 0 amide bonds. The molecule has 0 saturated carbocycles.